The van der Waals surface area contributed by atoms with Crippen molar-refractivity contribution in [2.24, 2.45) is 0 Å². The van der Waals surface area contributed by atoms with Crippen LogP contribution in [0.1, 0.15) is 43.2 Å². The van der Waals surface area contributed by atoms with Crippen LogP contribution >= 0.6 is 0 Å². The van der Waals surface area contributed by atoms with Crippen molar-refractivity contribution < 1.29 is 23.1 Å². The number of carbonyl (C=O) groups excluding carboxylic acids is 2. The Kier molecular flexibility index (Phi) is 14.8. The summed E-state index contributed by atoms with van der Waals surface area (Å²) >= 11 is 0. The van der Waals surface area contributed by atoms with Crippen LogP contribution in [-0.2, 0) is 32.6 Å². The van der Waals surface area contributed by atoms with Crippen molar-refractivity contribution >= 4 is 23.2 Å². The maximum Gasteiger partial charge on any atom is 0.241 e. The van der Waals surface area contributed by atoms with Gasteiger partial charge in [-0.1, -0.05) is 50.2 Å². The fraction of sp³-hybridized carbons (Fsp3) is 0.388. The maximum atomic E-state index is 14.2. The predicted molar refractivity (Wildman–Crippen MR) is 240 cm³/mol. The van der Waals surface area contributed by atoms with E-state index < -0.39 is 6.04 Å². The number of nitrogens with zero attached hydrogens (tertiary/aromatic N) is 5. The zero-order valence-corrected chi connectivity index (χ0v) is 36.1. The Labute approximate surface area is 363 Å². The van der Waals surface area contributed by atoms with Crippen molar-refractivity contribution in [2.45, 2.75) is 57.2 Å². The largest absolute Gasteiger partial charge is 0.379 e. The number of aromatic nitrogens is 2. The number of likely N-dealkylation sites (N-methyl/N-ethyl adjacent to an activating group) is 1. The van der Waals surface area contributed by atoms with Gasteiger partial charge < -0.3 is 30.5 Å². The maximum absolute atomic E-state index is 14.2. The zero-order chi connectivity index (χ0) is 43.6. The number of hydrogen-bond acceptors (Lipinski definition) is 9. The summed E-state index contributed by atoms with van der Waals surface area (Å²) in [5.74, 6) is -0.775. The van der Waals surface area contributed by atoms with E-state index in [-0.39, 0.29) is 40.9 Å². The van der Waals surface area contributed by atoms with Gasteiger partial charge in [0.05, 0.1) is 37.2 Å². The molecule has 0 bridgehead atoms. The Morgan fingerprint density at radius 1 is 0.935 bits per heavy atom. The Balaban J connectivity index is 0.890. The summed E-state index contributed by atoms with van der Waals surface area (Å²) in [5.41, 5.74) is 6.89. The SMILES string of the molecule is C[C@@H]1CN(CC(=O)N2CC(C)(C)c3ncc(Cc4ccc(F)cc4)cc32)[C@@H](CN(C)CCOCCN[C@H](Cc2cccc(F)c2)C(=O)Nc2ccc(-c3ccncc3)cc2)CN1. The second-order valence-corrected chi connectivity index (χ2v) is 17.3. The molecule has 2 aliphatic heterocycles. The van der Waals surface area contributed by atoms with Crippen molar-refractivity contribution in [3.8, 4) is 11.1 Å². The van der Waals surface area contributed by atoms with Gasteiger partial charge in [0, 0.05) is 81.0 Å². The van der Waals surface area contributed by atoms with Crippen molar-refractivity contribution in [2.75, 3.05) is 76.3 Å². The molecule has 2 aromatic heterocycles. The number of anilines is 2. The lowest BCUT2D eigenvalue weighted by Crippen LogP contribution is -2.60. The van der Waals surface area contributed by atoms with Crippen molar-refractivity contribution in [1.29, 1.82) is 0 Å². The van der Waals surface area contributed by atoms with E-state index >= 15 is 0 Å². The lowest BCUT2D eigenvalue weighted by Gasteiger charge is -2.41. The third-order valence-electron chi connectivity index (χ3n) is 11.7. The molecule has 326 valence electrons. The molecule has 7 rings (SSSR count). The Morgan fingerprint density at radius 3 is 2.45 bits per heavy atom. The molecule has 11 nitrogen and oxygen atoms in total. The summed E-state index contributed by atoms with van der Waals surface area (Å²) in [6.45, 7) is 11.5. The van der Waals surface area contributed by atoms with E-state index in [0.717, 1.165) is 53.3 Å². The van der Waals surface area contributed by atoms with Gasteiger partial charge in [-0.3, -0.25) is 24.5 Å². The smallest absolute Gasteiger partial charge is 0.241 e. The molecule has 13 heteroatoms. The Hall–Kier alpha value is -5.44. The van der Waals surface area contributed by atoms with Gasteiger partial charge in [-0.25, -0.2) is 8.78 Å². The fourth-order valence-corrected chi connectivity index (χ4v) is 8.35. The van der Waals surface area contributed by atoms with Gasteiger partial charge in [-0.15, -0.1) is 0 Å². The minimum Gasteiger partial charge on any atom is -0.379 e. The van der Waals surface area contributed by atoms with Gasteiger partial charge >= 0.3 is 0 Å². The third-order valence-corrected chi connectivity index (χ3v) is 11.7. The number of hydrogen-bond donors (Lipinski definition) is 3. The zero-order valence-electron chi connectivity index (χ0n) is 36.1. The first-order chi connectivity index (χ1) is 29.9. The number of fused-ring (bicyclic) bond motifs is 1. The van der Waals surface area contributed by atoms with Crippen molar-refractivity contribution in [3.63, 3.8) is 0 Å². The highest BCUT2D eigenvalue weighted by atomic mass is 19.1. The molecule has 0 spiro atoms. The number of benzene rings is 3. The van der Waals surface area contributed by atoms with Crippen LogP contribution in [-0.4, -0.2) is 116 Å². The first-order valence-corrected chi connectivity index (χ1v) is 21.5. The number of amides is 2. The molecule has 0 saturated carbocycles. The number of nitrogens with one attached hydrogen (secondary N) is 3. The van der Waals surface area contributed by atoms with Gasteiger partial charge in [0.1, 0.15) is 11.6 Å². The molecule has 1 fully saturated rings. The molecule has 0 radical (unpaired) electrons. The number of halogens is 2. The summed E-state index contributed by atoms with van der Waals surface area (Å²) in [7, 11) is 2.07. The second-order valence-electron chi connectivity index (χ2n) is 17.3. The quantitative estimate of drug-likeness (QED) is 0.0903. The van der Waals surface area contributed by atoms with Crippen molar-refractivity contribution in [1.82, 2.24) is 30.4 Å². The molecular weight excluding hydrogens is 787 g/mol. The van der Waals surface area contributed by atoms with Crippen LogP contribution < -0.4 is 20.9 Å². The first-order valence-electron chi connectivity index (χ1n) is 21.5. The molecule has 2 aliphatic rings. The average molecular weight is 845 g/mol. The Bertz CT molecular complexity index is 2260. The highest BCUT2D eigenvalue weighted by Crippen LogP contribution is 2.40. The first kappa shape index (κ1) is 44.6. The van der Waals surface area contributed by atoms with E-state index in [1.807, 2.05) is 53.6 Å². The number of rotatable bonds is 18. The summed E-state index contributed by atoms with van der Waals surface area (Å²) in [6, 6.07) is 26.1. The number of piperazine rings is 1. The van der Waals surface area contributed by atoms with Crippen LogP contribution in [0.2, 0.25) is 0 Å². The van der Waals surface area contributed by atoms with E-state index in [4.69, 9.17) is 9.72 Å². The van der Waals surface area contributed by atoms with E-state index in [1.54, 1.807) is 30.6 Å². The molecule has 2 amide bonds. The summed E-state index contributed by atoms with van der Waals surface area (Å²) in [5, 5.41) is 9.94. The third kappa shape index (κ3) is 11.9. The molecule has 3 aromatic carbocycles. The van der Waals surface area contributed by atoms with Crippen LogP contribution in [0, 0.1) is 11.6 Å². The molecule has 3 atom stereocenters. The van der Waals surface area contributed by atoms with Crippen LogP contribution in [0.3, 0.4) is 0 Å². The summed E-state index contributed by atoms with van der Waals surface area (Å²) in [6.07, 6.45) is 6.28. The topological polar surface area (TPSA) is 115 Å². The molecular formula is C49H58F2N8O3. The Morgan fingerprint density at radius 2 is 1.69 bits per heavy atom. The van der Waals surface area contributed by atoms with E-state index in [2.05, 4.69) is 64.6 Å². The average Bonchev–Trinajstić information content (AvgIpc) is 3.53. The van der Waals surface area contributed by atoms with E-state index in [9.17, 15) is 18.4 Å². The normalized spacial score (nSPS) is 17.8. The van der Waals surface area contributed by atoms with E-state index in [1.165, 1.54) is 24.3 Å². The highest BCUT2D eigenvalue weighted by molar-refractivity contribution is 5.97. The van der Waals surface area contributed by atoms with Crippen molar-refractivity contribution in [3.05, 3.63) is 144 Å². The number of ether oxygens (including phenoxy) is 1. The fourth-order valence-electron chi connectivity index (χ4n) is 8.35. The molecule has 1 saturated heterocycles. The van der Waals surface area contributed by atoms with Crippen LogP contribution in [0.4, 0.5) is 20.2 Å². The predicted octanol–water partition coefficient (Wildman–Crippen LogP) is 6.09. The molecule has 5 aromatic rings. The number of pyridine rings is 2. The highest BCUT2D eigenvalue weighted by Gasteiger charge is 2.40. The molecule has 3 N–H and O–H groups in total. The summed E-state index contributed by atoms with van der Waals surface area (Å²) in [4.78, 5) is 43.0. The molecule has 4 heterocycles. The van der Waals surface area contributed by atoms with Gasteiger partial charge in [-0.05, 0) is 109 Å². The molecule has 0 aliphatic carbocycles. The minimum atomic E-state index is -0.613. The van der Waals surface area contributed by atoms with Crippen LogP contribution in [0.25, 0.3) is 11.1 Å². The lowest BCUT2D eigenvalue weighted by atomic mass is 9.91. The summed E-state index contributed by atoms with van der Waals surface area (Å²) < 4.78 is 33.6. The second kappa shape index (κ2) is 20.6. The minimum absolute atomic E-state index is 0.0541. The lowest BCUT2D eigenvalue weighted by molar-refractivity contribution is -0.121. The van der Waals surface area contributed by atoms with Gasteiger partial charge in [-0.2, -0.15) is 0 Å². The van der Waals surface area contributed by atoms with Crippen LogP contribution in [0.15, 0.2) is 110 Å². The van der Waals surface area contributed by atoms with E-state index in [0.29, 0.717) is 63.5 Å². The molecule has 62 heavy (non-hydrogen) atoms. The number of carbonyl (C=O) groups is 2. The van der Waals surface area contributed by atoms with Gasteiger partial charge in [0.15, 0.2) is 0 Å². The van der Waals surface area contributed by atoms with Crippen LogP contribution in [0.5, 0.6) is 0 Å². The van der Waals surface area contributed by atoms with Gasteiger partial charge in [0.2, 0.25) is 11.8 Å². The monoisotopic (exact) mass is 844 g/mol. The van der Waals surface area contributed by atoms with Gasteiger partial charge in [0.25, 0.3) is 0 Å². The standard InChI is InChI=1S/C49H58F2N8O3/c1-34-30-58(32-46(60)59-33-49(2,3)47-45(59)27-37(28-55-47)24-35-8-12-40(50)13-9-35)43(29-54-34)31-57(4)21-23-62-22-20-53-44(26-36-6-5-7-41(51)25-36)48(61)56-42-14-10-38(11-15-42)39-16-18-52-19-17-39/h5-19,25,27-28,34,43-44,53-54H,20-24,26,29-33H2,1-4H3,(H,56,61)/t34-,43-,44-/m1/s1. The molecule has 0 unspecified atom stereocenters.